The summed E-state index contributed by atoms with van der Waals surface area (Å²) in [7, 11) is -2.29. The molecule has 0 fully saturated rings. The van der Waals surface area contributed by atoms with Crippen molar-refractivity contribution in [1.29, 1.82) is 0 Å². The second-order valence-electron chi connectivity index (χ2n) is 9.26. The Bertz CT molecular complexity index is 1840. The molecule has 0 spiro atoms. The number of aromatic nitrogens is 5. The van der Waals surface area contributed by atoms with Crippen LogP contribution in [0.15, 0.2) is 88.9 Å². The molecule has 1 amide bonds. The number of anilines is 2. The summed E-state index contributed by atoms with van der Waals surface area (Å²) in [6.45, 7) is 3.44. The highest BCUT2D eigenvalue weighted by molar-refractivity contribution is 7.99. The zero-order chi connectivity index (χ0) is 30.6. The molecule has 0 saturated carbocycles. The van der Waals surface area contributed by atoms with Crippen LogP contribution in [0.4, 0.5) is 11.5 Å². The van der Waals surface area contributed by atoms with Crippen molar-refractivity contribution in [2.24, 2.45) is 0 Å². The van der Waals surface area contributed by atoms with E-state index in [-0.39, 0.29) is 22.4 Å². The molecule has 0 radical (unpaired) electrons. The molecule has 5 aromatic rings. The van der Waals surface area contributed by atoms with Gasteiger partial charge in [0, 0.05) is 33.7 Å². The van der Waals surface area contributed by atoms with Crippen molar-refractivity contribution >= 4 is 50.8 Å². The van der Waals surface area contributed by atoms with Crippen LogP contribution in [0.1, 0.15) is 11.5 Å². The van der Waals surface area contributed by atoms with Gasteiger partial charge in [0.25, 0.3) is 10.0 Å². The maximum Gasteiger partial charge on any atom is 0.263 e. The molecule has 0 saturated heterocycles. The Morgan fingerprint density at radius 3 is 2.30 bits per heavy atom. The van der Waals surface area contributed by atoms with Gasteiger partial charge in [0.1, 0.15) is 17.4 Å². The molecule has 0 bridgehead atoms. The van der Waals surface area contributed by atoms with Gasteiger partial charge in [0.2, 0.25) is 5.91 Å². The Balaban J connectivity index is 1.28. The molecule has 2 heterocycles. The molecule has 5 rings (SSSR count). The predicted octanol–water partition coefficient (Wildman–Crippen LogP) is 5.53. The fourth-order valence-corrected chi connectivity index (χ4v) is 5.99. The van der Waals surface area contributed by atoms with Crippen molar-refractivity contribution in [3.05, 3.63) is 95.4 Å². The number of carbonyl (C=O) groups excluding carboxylic acids is 1. The van der Waals surface area contributed by atoms with E-state index in [1.54, 1.807) is 39.2 Å². The number of hydrogen-bond acceptors (Lipinski definition) is 9. The number of nitrogens with one attached hydrogen (secondary N) is 2. The average Bonchev–Trinajstić information content (AvgIpc) is 3.40. The minimum Gasteiger partial charge on any atom is -0.497 e. The predicted molar refractivity (Wildman–Crippen MR) is 166 cm³/mol. The second kappa shape index (κ2) is 12.8. The van der Waals surface area contributed by atoms with Gasteiger partial charge < -0.3 is 10.1 Å². The van der Waals surface area contributed by atoms with E-state index in [9.17, 15) is 13.2 Å². The van der Waals surface area contributed by atoms with E-state index < -0.39 is 10.0 Å². The van der Waals surface area contributed by atoms with Crippen LogP contribution in [-0.4, -0.2) is 51.9 Å². The van der Waals surface area contributed by atoms with E-state index in [1.165, 1.54) is 36.0 Å². The number of methoxy groups -OCH3 is 1. The Hall–Kier alpha value is -4.46. The molecule has 2 N–H and O–H groups in total. The van der Waals surface area contributed by atoms with Crippen LogP contribution < -0.4 is 14.8 Å². The topological polar surface area (TPSA) is 141 Å². The van der Waals surface area contributed by atoms with Gasteiger partial charge in [-0.3, -0.25) is 14.1 Å². The van der Waals surface area contributed by atoms with Crippen molar-refractivity contribution in [3.63, 3.8) is 0 Å². The van der Waals surface area contributed by atoms with Gasteiger partial charge in [-0.2, -0.15) is 0 Å². The number of amides is 1. The lowest BCUT2D eigenvalue weighted by Gasteiger charge is -2.12. The highest BCUT2D eigenvalue weighted by atomic mass is 35.5. The van der Waals surface area contributed by atoms with Crippen LogP contribution in [0.3, 0.4) is 0 Å². The fraction of sp³-hybridized carbons (Fsp3) is 0.138. The summed E-state index contributed by atoms with van der Waals surface area (Å²) >= 11 is 7.29. The number of sulfonamides is 1. The summed E-state index contributed by atoms with van der Waals surface area (Å²) in [4.78, 5) is 21.1. The highest BCUT2D eigenvalue weighted by Crippen LogP contribution is 2.30. The fourth-order valence-electron chi connectivity index (χ4n) is 4.12. The zero-order valence-corrected chi connectivity index (χ0v) is 25.7. The molecule has 0 unspecified atom stereocenters. The number of thioether (sulfide) groups is 1. The third-order valence-electron chi connectivity index (χ3n) is 6.05. The summed E-state index contributed by atoms with van der Waals surface area (Å²) < 4.78 is 35.3. The quantitative estimate of drug-likeness (QED) is 0.189. The third kappa shape index (κ3) is 7.31. The molecule has 0 aliphatic rings. The van der Waals surface area contributed by atoms with Crippen LogP contribution in [-0.2, 0) is 14.8 Å². The minimum atomic E-state index is -3.89. The second-order valence-corrected chi connectivity index (χ2v) is 12.3. The first-order valence-corrected chi connectivity index (χ1v) is 15.7. The lowest BCUT2D eigenvalue weighted by molar-refractivity contribution is -0.113. The van der Waals surface area contributed by atoms with Crippen LogP contribution in [0, 0.1) is 13.8 Å². The van der Waals surface area contributed by atoms with Crippen LogP contribution in [0.5, 0.6) is 5.75 Å². The highest BCUT2D eigenvalue weighted by Gasteiger charge is 2.19. The number of benzene rings is 3. The molecule has 11 nitrogen and oxygen atoms in total. The standard InChI is InChI=1S/C29H26ClN7O4S2/c1-18-16-26(32-19(2)31-18)36-43(39,40)25-14-8-22(9-15-25)33-27(38)17-42-29-35-34-28(20-4-6-21(30)7-5-20)37(29)23-10-12-24(41-3)13-11-23/h4-16H,17H2,1-3H3,(H,33,38)(H,31,32,36). The minimum absolute atomic E-state index is 0.0242. The molecule has 0 atom stereocenters. The van der Waals surface area contributed by atoms with E-state index in [1.807, 2.05) is 41.0 Å². The van der Waals surface area contributed by atoms with Gasteiger partial charge in [0.05, 0.1) is 17.8 Å². The Labute approximate surface area is 257 Å². The normalized spacial score (nSPS) is 11.3. The lowest BCUT2D eigenvalue weighted by atomic mass is 10.2. The summed E-state index contributed by atoms with van der Waals surface area (Å²) in [5, 5.41) is 12.6. The first kappa shape index (κ1) is 30.0. The monoisotopic (exact) mass is 635 g/mol. The average molecular weight is 636 g/mol. The Kier molecular flexibility index (Phi) is 8.94. The number of halogens is 1. The SMILES string of the molecule is COc1ccc(-n2c(SCC(=O)Nc3ccc(S(=O)(=O)Nc4cc(C)nc(C)n4)cc3)nnc2-c2ccc(Cl)cc2)cc1. The zero-order valence-electron chi connectivity index (χ0n) is 23.3. The van der Waals surface area contributed by atoms with Gasteiger partial charge in [-0.15, -0.1) is 10.2 Å². The van der Waals surface area contributed by atoms with Crippen molar-refractivity contribution in [3.8, 4) is 22.8 Å². The lowest BCUT2D eigenvalue weighted by Crippen LogP contribution is -2.16. The van der Waals surface area contributed by atoms with Crippen molar-refractivity contribution in [2.75, 3.05) is 22.9 Å². The summed E-state index contributed by atoms with van der Waals surface area (Å²) in [6.07, 6.45) is 0. The van der Waals surface area contributed by atoms with Gasteiger partial charge in [0.15, 0.2) is 11.0 Å². The first-order chi connectivity index (χ1) is 20.6. The molecule has 43 heavy (non-hydrogen) atoms. The van der Waals surface area contributed by atoms with E-state index in [0.717, 1.165) is 11.3 Å². The molecule has 220 valence electrons. The van der Waals surface area contributed by atoms with Gasteiger partial charge in [-0.05, 0) is 86.6 Å². The van der Waals surface area contributed by atoms with Crippen molar-refractivity contribution < 1.29 is 17.9 Å². The smallest absolute Gasteiger partial charge is 0.263 e. The van der Waals surface area contributed by atoms with Crippen molar-refractivity contribution in [2.45, 2.75) is 23.9 Å². The number of nitrogens with zero attached hydrogens (tertiary/aromatic N) is 5. The number of ether oxygens (including phenoxy) is 1. The van der Waals surface area contributed by atoms with Gasteiger partial charge in [-0.1, -0.05) is 23.4 Å². The van der Waals surface area contributed by atoms with Crippen molar-refractivity contribution in [1.82, 2.24) is 24.7 Å². The van der Waals surface area contributed by atoms with Gasteiger partial charge in [-0.25, -0.2) is 18.4 Å². The Morgan fingerprint density at radius 2 is 1.65 bits per heavy atom. The van der Waals surface area contributed by atoms with E-state index in [2.05, 4.69) is 30.2 Å². The molecule has 0 aliphatic carbocycles. The first-order valence-electron chi connectivity index (χ1n) is 12.8. The number of rotatable bonds is 10. The summed E-state index contributed by atoms with van der Waals surface area (Å²) in [5.74, 6) is 1.65. The van der Waals surface area contributed by atoms with E-state index in [4.69, 9.17) is 16.3 Å². The molecule has 3 aromatic carbocycles. The Morgan fingerprint density at radius 1 is 0.953 bits per heavy atom. The van der Waals surface area contributed by atoms with Crippen LogP contribution in [0.2, 0.25) is 5.02 Å². The molecule has 0 aliphatic heterocycles. The maximum absolute atomic E-state index is 12.9. The molecular weight excluding hydrogens is 610 g/mol. The number of carbonyl (C=O) groups is 1. The van der Waals surface area contributed by atoms with Crippen LogP contribution >= 0.6 is 23.4 Å². The van der Waals surface area contributed by atoms with E-state index in [0.29, 0.717) is 39.0 Å². The summed E-state index contributed by atoms with van der Waals surface area (Å²) in [5.41, 5.74) is 2.68. The number of hydrogen-bond donors (Lipinski definition) is 2. The van der Waals surface area contributed by atoms with Crippen LogP contribution in [0.25, 0.3) is 17.1 Å². The molecule has 14 heteroatoms. The molecule has 2 aromatic heterocycles. The number of aryl methyl sites for hydroxylation is 2. The summed E-state index contributed by atoms with van der Waals surface area (Å²) in [6, 6.07) is 22.1. The third-order valence-corrected chi connectivity index (χ3v) is 8.60. The molecular formula is C29H26ClN7O4S2. The maximum atomic E-state index is 12.9. The largest absolute Gasteiger partial charge is 0.497 e. The van der Waals surface area contributed by atoms with E-state index >= 15 is 0 Å². The van der Waals surface area contributed by atoms with Gasteiger partial charge >= 0.3 is 0 Å².